The van der Waals surface area contributed by atoms with Crippen molar-refractivity contribution >= 4 is 11.8 Å². The van der Waals surface area contributed by atoms with E-state index in [0.29, 0.717) is 0 Å². The van der Waals surface area contributed by atoms with Crippen LogP contribution in [0.25, 0.3) is 5.69 Å². The van der Waals surface area contributed by atoms with Crippen molar-refractivity contribution in [3.8, 4) is 5.69 Å². The fraction of sp³-hybridized carbons (Fsp3) is 0.125. The molecule has 0 spiro atoms. The molecule has 0 saturated heterocycles. The summed E-state index contributed by atoms with van der Waals surface area (Å²) in [6.45, 7) is 2.09. The van der Waals surface area contributed by atoms with Crippen LogP contribution in [0.3, 0.4) is 0 Å². The summed E-state index contributed by atoms with van der Waals surface area (Å²) in [7, 11) is 0. The van der Waals surface area contributed by atoms with Gasteiger partial charge in [0.05, 0.1) is 11.9 Å². The van der Waals surface area contributed by atoms with Gasteiger partial charge in [0.1, 0.15) is 0 Å². The zero-order chi connectivity index (χ0) is 13.8. The van der Waals surface area contributed by atoms with Gasteiger partial charge in [-0.05, 0) is 30.7 Å². The highest BCUT2D eigenvalue weighted by Crippen LogP contribution is 2.25. The average Bonchev–Trinajstić information content (AvgIpc) is 2.96. The van der Waals surface area contributed by atoms with E-state index >= 15 is 0 Å². The minimum atomic E-state index is 0.914. The topological polar surface area (TPSA) is 30.7 Å². The number of pyridine rings is 1. The van der Waals surface area contributed by atoms with E-state index in [0.717, 1.165) is 11.4 Å². The summed E-state index contributed by atoms with van der Waals surface area (Å²) in [5.74, 6) is 0.914. The highest BCUT2D eigenvalue weighted by Gasteiger charge is 2.03. The molecule has 0 saturated carbocycles. The summed E-state index contributed by atoms with van der Waals surface area (Å²) in [6.07, 6.45) is 7.74. The summed E-state index contributed by atoms with van der Waals surface area (Å²) in [5, 5.41) is 4.41. The Morgan fingerprint density at radius 1 is 1.10 bits per heavy atom. The van der Waals surface area contributed by atoms with Crippen LogP contribution in [0.4, 0.5) is 0 Å². The van der Waals surface area contributed by atoms with Gasteiger partial charge in [-0.15, -0.1) is 11.8 Å². The Bertz CT molecular complexity index is 692. The van der Waals surface area contributed by atoms with E-state index in [-0.39, 0.29) is 0 Å². The maximum absolute atomic E-state index is 4.41. The van der Waals surface area contributed by atoms with E-state index in [2.05, 4.69) is 41.4 Å². The van der Waals surface area contributed by atoms with Crippen molar-refractivity contribution in [3.63, 3.8) is 0 Å². The number of hydrogen-bond donors (Lipinski definition) is 0. The minimum Gasteiger partial charge on any atom is -0.264 e. The highest BCUT2D eigenvalue weighted by molar-refractivity contribution is 7.98. The van der Waals surface area contributed by atoms with Crippen LogP contribution in [-0.2, 0) is 5.75 Å². The summed E-state index contributed by atoms with van der Waals surface area (Å²) >= 11 is 1.82. The van der Waals surface area contributed by atoms with Gasteiger partial charge in [0.25, 0.3) is 0 Å². The van der Waals surface area contributed by atoms with Crippen LogP contribution in [0.1, 0.15) is 11.1 Å². The predicted octanol–water partition coefficient (Wildman–Crippen LogP) is 3.87. The van der Waals surface area contributed by atoms with Gasteiger partial charge in [0.2, 0.25) is 0 Å². The second-order valence-electron chi connectivity index (χ2n) is 4.56. The number of hydrogen-bond acceptors (Lipinski definition) is 3. The maximum atomic E-state index is 4.41. The molecule has 0 amide bonds. The van der Waals surface area contributed by atoms with E-state index in [1.165, 1.54) is 16.0 Å². The molecule has 0 aliphatic rings. The molecule has 0 atom stereocenters. The van der Waals surface area contributed by atoms with E-state index in [4.69, 9.17) is 0 Å². The van der Waals surface area contributed by atoms with Crippen LogP contribution in [0.2, 0.25) is 0 Å². The predicted molar refractivity (Wildman–Crippen MR) is 82.1 cm³/mol. The Balaban J connectivity index is 1.71. The minimum absolute atomic E-state index is 0.914. The number of nitrogens with zero attached hydrogens (tertiary/aromatic N) is 3. The molecule has 2 aromatic heterocycles. The van der Waals surface area contributed by atoms with Crippen LogP contribution >= 0.6 is 11.8 Å². The summed E-state index contributed by atoms with van der Waals surface area (Å²) < 4.78 is 1.91. The third kappa shape index (κ3) is 2.91. The molecule has 0 aliphatic heterocycles. The van der Waals surface area contributed by atoms with Gasteiger partial charge in [-0.25, -0.2) is 4.68 Å². The van der Waals surface area contributed by atoms with Crippen molar-refractivity contribution in [1.29, 1.82) is 0 Å². The molecular weight excluding hydrogens is 266 g/mol. The molecule has 0 radical (unpaired) electrons. The number of aromatic nitrogens is 3. The van der Waals surface area contributed by atoms with Gasteiger partial charge in [-0.3, -0.25) is 4.98 Å². The van der Waals surface area contributed by atoms with Crippen molar-refractivity contribution in [1.82, 2.24) is 14.8 Å². The monoisotopic (exact) mass is 281 g/mol. The van der Waals surface area contributed by atoms with Gasteiger partial charge in [-0.2, -0.15) is 5.10 Å². The smallest absolute Gasteiger partial charge is 0.0645 e. The largest absolute Gasteiger partial charge is 0.264 e. The van der Waals surface area contributed by atoms with Crippen molar-refractivity contribution in [2.45, 2.75) is 17.6 Å². The summed E-state index contributed by atoms with van der Waals surface area (Å²) in [5.41, 5.74) is 3.52. The van der Waals surface area contributed by atoms with Crippen molar-refractivity contribution in [3.05, 3.63) is 72.3 Å². The third-order valence-electron chi connectivity index (χ3n) is 3.02. The molecular formula is C16H15N3S. The molecule has 20 heavy (non-hydrogen) atoms. The van der Waals surface area contributed by atoms with Crippen molar-refractivity contribution in [2.24, 2.45) is 0 Å². The number of aryl methyl sites for hydroxylation is 1. The molecule has 0 unspecified atom stereocenters. The molecule has 0 aliphatic carbocycles. The second kappa shape index (κ2) is 5.92. The van der Waals surface area contributed by atoms with Crippen molar-refractivity contribution < 1.29 is 0 Å². The normalized spacial score (nSPS) is 10.7. The van der Waals surface area contributed by atoms with Crippen LogP contribution in [0.5, 0.6) is 0 Å². The fourth-order valence-corrected chi connectivity index (χ4v) is 2.85. The third-order valence-corrected chi connectivity index (χ3v) is 4.27. The van der Waals surface area contributed by atoms with E-state index < -0.39 is 0 Å². The van der Waals surface area contributed by atoms with E-state index in [1.54, 1.807) is 0 Å². The zero-order valence-electron chi connectivity index (χ0n) is 11.2. The first-order valence-electron chi connectivity index (χ1n) is 6.45. The Hall–Kier alpha value is -2.07. The molecule has 0 fully saturated rings. The van der Waals surface area contributed by atoms with E-state index in [1.807, 2.05) is 53.2 Å². The Labute approximate surface area is 122 Å². The van der Waals surface area contributed by atoms with Crippen LogP contribution in [0.15, 0.2) is 66.1 Å². The molecule has 3 nitrogen and oxygen atoms in total. The molecule has 100 valence electrons. The maximum Gasteiger partial charge on any atom is 0.0645 e. The van der Waals surface area contributed by atoms with Gasteiger partial charge < -0.3 is 0 Å². The number of rotatable bonds is 4. The Morgan fingerprint density at radius 2 is 1.95 bits per heavy atom. The summed E-state index contributed by atoms with van der Waals surface area (Å²) in [4.78, 5) is 5.38. The molecule has 3 rings (SSSR count). The first kappa shape index (κ1) is 12.9. The standard InChI is InChI=1S/C16H15N3S/c1-13-9-17-8-7-16(13)20-12-14-10-18-19(11-14)15-5-3-2-4-6-15/h2-11H,12H2,1H3. The highest BCUT2D eigenvalue weighted by atomic mass is 32.2. The lowest BCUT2D eigenvalue weighted by atomic mass is 10.3. The SMILES string of the molecule is Cc1cnccc1SCc1cnn(-c2ccccc2)c1. The van der Waals surface area contributed by atoms with Gasteiger partial charge in [-0.1, -0.05) is 18.2 Å². The number of para-hydroxylation sites is 1. The summed E-state index contributed by atoms with van der Waals surface area (Å²) in [6, 6.07) is 12.2. The quantitative estimate of drug-likeness (QED) is 0.680. The van der Waals surface area contributed by atoms with Crippen LogP contribution < -0.4 is 0 Å². The lowest BCUT2D eigenvalue weighted by Gasteiger charge is -2.03. The van der Waals surface area contributed by atoms with Gasteiger partial charge in [0.15, 0.2) is 0 Å². The average molecular weight is 281 g/mol. The Kier molecular flexibility index (Phi) is 3.83. The molecule has 3 aromatic rings. The fourth-order valence-electron chi connectivity index (χ4n) is 1.94. The van der Waals surface area contributed by atoms with Gasteiger partial charge >= 0.3 is 0 Å². The molecule has 1 aromatic carbocycles. The number of thioether (sulfide) groups is 1. The van der Waals surface area contributed by atoms with Crippen LogP contribution in [0, 0.1) is 6.92 Å². The molecule has 2 heterocycles. The molecule has 0 bridgehead atoms. The zero-order valence-corrected chi connectivity index (χ0v) is 12.0. The lowest BCUT2D eigenvalue weighted by molar-refractivity contribution is 0.880. The first-order chi connectivity index (χ1) is 9.83. The number of benzene rings is 1. The first-order valence-corrected chi connectivity index (χ1v) is 7.44. The lowest BCUT2D eigenvalue weighted by Crippen LogP contribution is -1.92. The molecule has 0 N–H and O–H groups in total. The molecule has 4 heteroatoms. The van der Waals surface area contributed by atoms with Crippen molar-refractivity contribution in [2.75, 3.05) is 0 Å². The second-order valence-corrected chi connectivity index (χ2v) is 5.58. The Morgan fingerprint density at radius 3 is 2.75 bits per heavy atom. The van der Waals surface area contributed by atoms with Gasteiger partial charge in [0, 0.05) is 34.8 Å². The van der Waals surface area contributed by atoms with Crippen LogP contribution in [-0.4, -0.2) is 14.8 Å². The van der Waals surface area contributed by atoms with E-state index in [9.17, 15) is 0 Å².